The number of amides is 1. The molecule has 4 atom stereocenters. The number of nitrogen functional groups attached to an aromatic ring is 1. The predicted molar refractivity (Wildman–Crippen MR) is 82.6 cm³/mol. The smallest absolute Gasteiger partial charge is 0.263 e. The summed E-state index contributed by atoms with van der Waals surface area (Å²) in [5.74, 6) is 0.382. The maximum atomic E-state index is 12.2. The minimum absolute atomic E-state index is 0. The molecule has 20 heavy (non-hydrogen) atoms. The van der Waals surface area contributed by atoms with E-state index in [-0.39, 0.29) is 36.5 Å². The van der Waals surface area contributed by atoms with E-state index in [0.29, 0.717) is 16.5 Å². The Morgan fingerprint density at radius 2 is 2.30 bits per heavy atom. The van der Waals surface area contributed by atoms with Crippen LogP contribution < -0.4 is 11.1 Å². The van der Waals surface area contributed by atoms with Crippen LogP contribution in [0.15, 0.2) is 11.4 Å². The number of nitrogens with two attached hydrogens (primary N) is 1. The number of carbonyl (C=O) groups excluding carboxylic acids is 1. The molecule has 2 aliphatic rings. The molecule has 0 bridgehead atoms. The fraction of sp³-hybridized carbons (Fsp3) is 0.615. The van der Waals surface area contributed by atoms with E-state index in [2.05, 4.69) is 10.2 Å². The van der Waals surface area contributed by atoms with Crippen LogP contribution in [0.25, 0.3) is 0 Å². The van der Waals surface area contributed by atoms with Crippen molar-refractivity contribution in [2.75, 3.05) is 26.4 Å². The van der Waals surface area contributed by atoms with Crippen LogP contribution in [0.4, 0.5) is 5.69 Å². The summed E-state index contributed by atoms with van der Waals surface area (Å²) in [5, 5.41) is 4.98. The average Bonchev–Trinajstić information content (AvgIpc) is 2.92. The first-order chi connectivity index (χ1) is 9.09. The van der Waals surface area contributed by atoms with Crippen molar-refractivity contribution in [3.63, 3.8) is 0 Å². The van der Waals surface area contributed by atoms with Crippen LogP contribution in [0.5, 0.6) is 0 Å². The van der Waals surface area contributed by atoms with Crippen molar-refractivity contribution in [3.05, 3.63) is 16.3 Å². The van der Waals surface area contributed by atoms with Gasteiger partial charge in [0.2, 0.25) is 0 Å². The van der Waals surface area contributed by atoms with Gasteiger partial charge in [0.1, 0.15) is 4.88 Å². The van der Waals surface area contributed by atoms with Gasteiger partial charge in [0.25, 0.3) is 5.91 Å². The SMILES string of the molecule is CN(C)[C@@H]1[C@@H](NC(=O)c2sccc2N)[C@H]2CCO[C@H]21.Cl. The standard InChI is InChI=1S/C13H19N3O2S.ClH/c1-16(2)10-9(7-3-5-18-11(7)10)15-13(17)12-8(14)4-6-19-12;/h4,6-7,9-11H,3,5,14H2,1-2H3,(H,15,17);1H/t7-,9+,10-,11-;/m1./s1. The Kier molecular flexibility index (Phi) is 4.59. The Morgan fingerprint density at radius 1 is 1.55 bits per heavy atom. The summed E-state index contributed by atoms with van der Waals surface area (Å²) in [5.41, 5.74) is 6.35. The topological polar surface area (TPSA) is 67.6 Å². The molecule has 1 amide bonds. The van der Waals surface area contributed by atoms with E-state index < -0.39 is 0 Å². The normalized spacial score (nSPS) is 31.4. The molecule has 1 aromatic heterocycles. The Labute approximate surface area is 128 Å². The van der Waals surface area contributed by atoms with Gasteiger partial charge in [0.05, 0.1) is 23.9 Å². The van der Waals surface area contributed by atoms with E-state index >= 15 is 0 Å². The number of fused-ring (bicyclic) bond motifs is 1. The first-order valence-corrected chi connectivity index (χ1v) is 7.39. The number of nitrogens with one attached hydrogen (secondary N) is 1. The lowest BCUT2D eigenvalue weighted by molar-refractivity contribution is -0.0663. The van der Waals surface area contributed by atoms with Crippen LogP contribution in [0.2, 0.25) is 0 Å². The second-order valence-electron chi connectivity index (χ2n) is 5.45. The van der Waals surface area contributed by atoms with Crippen LogP contribution in [0.3, 0.4) is 0 Å². The highest BCUT2D eigenvalue weighted by Crippen LogP contribution is 2.41. The van der Waals surface area contributed by atoms with Crippen molar-refractivity contribution < 1.29 is 9.53 Å². The van der Waals surface area contributed by atoms with Gasteiger partial charge in [-0.05, 0) is 32.0 Å². The fourth-order valence-corrected chi connectivity index (χ4v) is 3.92. The predicted octanol–water partition coefficient (Wildman–Crippen LogP) is 1.20. The van der Waals surface area contributed by atoms with Crippen molar-refractivity contribution in [3.8, 4) is 0 Å². The molecular formula is C13H20ClN3O2S. The highest BCUT2D eigenvalue weighted by Gasteiger charge is 2.55. The van der Waals surface area contributed by atoms with Gasteiger partial charge in [-0.3, -0.25) is 4.79 Å². The van der Waals surface area contributed by atoms with Crippen molar-refractivity contribution in [1.29, 1.82) is 0 Å². The van der Waals surface area contributed by atoms with Gasteiger partial charge in [-0.25, -0.2) is 0 Å². The highest BCUT2D eigenvalue weighted by molar-refractivity contribution is 7.12. The van der Waals surface area contributed by atoms with Crippen molar-refractivity contribution in [1.82, 2.24) is 10.2 Å². The number of likely N-dealkylation sites (N-methyl/N-ethyl adjacent to an activating group) is 1. The molecule has 7 heteroatoms. The second-order valence-corrected chi connectivity index (χ2v) is 6.36. The summed E-state index contributed by atoms with van der Waals surface area (Å²) in [6.07, 6.45) is 1.29. The molecule has 0 aromatic carbocycles. The summed E-state index contributed by atoms with van der Waals surface area (Å²) < 4.78 is 5.74. The third-order valence-corrected chi connectivity index (χ3v) is 5.07. The number of hydrogen-bond acceptors (Lipinski definition) is 5. The maximum absolute atomic E-state index is 12.2. The van der Waals surface area contributed by atoms with Crippen LogP contribution >= 0.6 is 23.7 Å². The quantitative estimate of drug-likeness (QED) is 0.879. The van der Waals surface area contributed by atoms with Crippen LogP contribution in [-0.4, -0.2) is 49.7 Å². The van der Waals surface area contributed by atoms with E-state index in [4.69, 9.17) is 10.5 Å². The molecule has 2 fully saturated rings. The third-order valence-electron chi connectivity index (χ3n) is 4.15. The van der Waals surface area contributed by atoms with Gasteiger partial charge in [0.15, 0.2) is 0 Å². The molecule has 0 unspecified atom stereocenters. The molecule has 3 rings (SSSR count). The summed E-state index contributed by atoms with van der Waals surface area (Å²) in [4.78, 5) is 15.0. The largest absolute Gasteiger partial charge is 0.397 e. The molecular weight excluding hydrogens is 298 g/mol. The molecule has 1 aliphatic heterocycles. The molecule has 5 nitrogen and oxygen atoms in total. The number of hydrogen-bond donors (Lipinski definition) is 2. The van der Waals surface area contributed by atoms with E-state index in [1.807, 2.05) is 19.5 Å². The number of nitrogens with zero attached hydrogens (tertiary/aromatic N) is 1. The zero-order chi connectivity index (χ0) is 13.6. The molecule has 1 saturated heterocycles. The van der Waals surface area contributed by atoms with E-state index in [9.17, 15) is 4.79 Å². The van der Waals surface area contributed by atoms with Crippen LogP contribution in [0, 0.1) is 5.92 Å². The molecule has 1 saturated carbocycles. The Balaban J connectivity index is 0.00000147. The number of halogens is 1. The minimum Gasteiger partial charge on any atom is -0.397 e. The Bertz CT molecular complexity index is 494. The van der Waals surface area contributed by atoms with Crippen LogP contribution in [-0.2, 0) is 4.74 Å². The molecule has 112 valence electrons. The number of carbonyl (C=O) groups is 1. The summed E-state index contributed by atoms with van der Waals surface area (Å²) in [6, 6.07) is 2.19. The number of ether oxygens (including phenoxy) is 1. The highest BCUT2D eigenvalue weighted by atomic mass is 35.5. The molecule has 0 radical (unpaired) electrons. The van der Waals surface area contributed by atoms with E-state index in [1.165, 1.54) is 11.3 Å². The monoisotopic (exact) mass is 317 g/mol. The van der Waals surface area contributed by atoms with E-state index in [1.54, 1.807) is 6.07 Å². The lowest BCUT2D eigenvalue weighted by atomic mass is 9.71. The first kappa shape index (κ1) is 15.6. The van der Waals surface area contributed by atoms with Gasteiger partial charge in [-0.15, -0.1) is 23.7 Å². The van der Waals surface area contributed by atoms with E-state index in [0.717, 1.165) is 13.0 Å². The summed E-state index contributed by atoms with van der Waals surface area (Å²) in [7, 11) is 4.06. The Hall–Kier alpha value is -0.820. The average molecular weight is 318 g/mol. The third kappa shape index (κ3) is 2.41. The molecule has 0 spiro atoms. The van der Waals surface area contributed by atoms with Gasteiger partial charge < -0.3 is 20.7 Å². The molecule has 1 aromatic rings. The molecule has 1 aliphatic carbocycles. The molecule has 3 N–H and O–H groups in total. The van der Waals surface area contributed by atoms with Gasteiger partial charge in [-0.1, -0.05) is 0 Å². The van der Waals surface area contributed by atoms with Gasteiger partial charge in [-0.2, -0.15) is 0 Å². The van der Waals surface area contributed by atoms with Crippen LogP contribution in [0.1, 0.15) is 16.1 Å². The number of thiophene rings is 1. The molecule has 2 heterocycles. The number of rotatable bonds is 3. The lowest BCUT2D eigenvalue weighted by Gasteiger charge is -2.50. The minimum atomic E-state index is -0.0605. The fourth-order valence-electron chi connectivity index (χ4n) is 3.20. The van der Waals surface area contributed by atoms with Gasteiger partial charge in [0, 0.05) is 12.5 Å². The Morgan fingerprint density at radius 3 is 2.90 bits per heavy atom. The zero-order valence-corrected chi connectivity index (χ0v) is 13.2. The van der Waals surface area contributed by atoms with Crippen molar-refractivity contribution >= 4 is 35.3 Å². The second kappa shape index (κ2) is 5.89. The lowest BCUT2D eigenvalue weighted by Crippen LogP contribution is -2.69. The van der Waals surface area contributed by atoms with Crippen molar-refractivity contribution in [2.24, 2.45) is 5.92 Å². The number of anilines is 1. The van der Waals surface area contributed by atoms with Gasteiger partial charge >= 0.3 is 0 Å². The van der Waals surface area contributed by atoms with Crippen molar-refractivity contribution in [2.45, 2.75) is 24.6 Å². The summed E-state index contributed by atoms with van der Waals surface area (Å²) in [6.45, 7) is 0.799. The first-order valence-electron chi connectivity index (χ1n) is 6.51. The zero-order valence-electron chi connectivity index (χ0n) is 11.5. The summed E-state index contributed by atoms with van der Waals surface area (Å²) >= 11 is 1.39. The maximum Gasteiger partial charge on any atom is 0.263 e.